The van der Waals surface area contributed by atoms with Gasteiger partial charge in [0.25, 0.3) is 0 Å². The van der Waals surface area contributed by atoms with Crippen LogP contribution in [0, 0.1) is 0 Å². The zero-order chi connectivity index (χ0) is 18.4. The van der Waals surface area contributed by atoms with Crippen molar-refractivity contribution in [2.75, 3.05) is 23.4 Å². The lowest BCUT2D eigenvalue weighted by Gasteiger charge is -2.19. The van der Waals surface area contributed by atoms with Crippen LogP contribution in [0.15, 0.2) is 54.6 Å². The third kappa shape index (κ3) is 4.30. The van der Waals surface area contributed by atoms with Crippen LogP contribution in [0.1, 0.15) is 25.3 Å². The largest absolute Gasteiger partial charge is 0.494 e. The monoisotopic (exact) mass is 350 g/mol. The van der Waals surface area contributed by atoms with Gasteiger partial charge in [-0.05, 0) is 49.2 Å². The predicted octanol–water partition coefficient (Wildman–Crippen LogP) is 3.86. The van der Waals surface area contributed by atoms with Crippen molar-refractivity contribution in [1.29, 1.82) is 0 Å². The molecule has 1 aliphatic heterocycles. The highest BCUT2D eigenvalue weighted by Gasteiger charge is 2.23. The fourth-order valence-electron chi connectivity index (χ4n) is 2.91. The fourth-order valence-corrected chi connectivity index (χ4v) is 2.91. The molecule has 0 aliphatic carbocycles. The van der Waals surface area contributed by atoms with Crippen molar-refractivity contribution in [2.24, 2.45) is 0 Å². The van der Waals surface area contributed by atoms with E-state index in [4.69, 9.17) is 4.74 Å². The minimum atomic E-state index is -0.238. The lowest BCUT2D eigenvalue weighted by Crippen LogP contribution is -2.25. The smallest absolute Gasteiger partial charge is 0.248 e. The predicted molar refractivity (Wildman–Crippen MR) is 103 cm³/mol. The van der Waals surface area contributed by atoms with Gasteiger partial charge in [0, 0.05) is 19.0 Å². The Bertz CT molecular complexity index is 812. The maximum Gasteiger partial charge on any atom is 0.248 e. The van der Waals surface area contributed by atoms with Crippen molar-refractivity contribution in [2.45, 2.75) is 19.8 Å². The quantitative estimate of drug-likeness (QED) is 0.805. The molecule has 0 spiro atoms. The number of anilines is 2. The van der Waals surface area contributed by atoms with E-state index in [1.165, 1.54) is 6.08 Å². The minimum absolute atomic E-state index is 0.0941. The lowest BCUT2D eigenvalue weighted by atomic mass is 10.2. The van der Waals surface area contributed by atoms with Crippen molar-refractivity contribution < 1.29 is 14.3 Å². The third-order valence-corrected chi connectivity index (χ3v) is 4.14. The summed E-state index contributed by atoms with van der Waals surface area (Å²) in [7, 11) is 0. The average molecular weight is 350 g/mol. The number of ether oxygens (including phenoxy) is 1. The van der Waals surface area contributed by atoms with E-state index in [2.05, 4.69) is 5.32 Å². The van der Waals surface area contributed by atoms with Gasteiger partial charge in [0.05, 0.1) is 18.0 Å². The summed E-state index contributed by atoms with van der Waals surface area (Å²) in [4.78, 5) is 26.0. The summed E-state index contributed by atoms with van der Waals surface area (Å²) in [5.74, 6) is 0.660. The summed E-state index contributed by atoms with van der Waals surface area (Å²) in [6.45, 7) is 3.25. The first-order valence-electron chi connectivity index (χ1n) is 8.78. The van der Waals surface area contributed by atoms with Crippen LogP contribution in [0.25, 0.3) is 6.08 Å². The molecule has 0 atom stereocenters. The Kier molecular flexibility index (Phi) is 5.69. The van der Waals surface area contributed by atoms with Crippen LogP contribution in [-0.2, 0) is 9.59 Å². The molecular weight excluding hydrogens is 328 g/mol. The molecule has 0 bridgehead atoms. The third-order valence-electron chi connectivity index (χ3n) is 4.14. The lowest BCUT2D eigenvalue weighted by molar-refractivity contribution is -0.117. The molecule has 1 fully saturated rings. The van der Waals surface area contributed by atoms with Crippen molar-refractivity contribution >= 4 is 29.3 Å². The van der Waals surface area contributed by atoms with Crippen LogP contribution in [0.4, 0.5) is 11.4 Å². The van der Waals surface area contributed by atoms with E-state index in [-0.39, 0.29) is 11.8 Å². The number of hydrogen-bond acceptors (Lipinski definition) is 3. The Morgan fingerprint density at radius 3 is 2.65 bits per heavy atom. The second-order valence-corrected chi connectivity index (χ2v) is 5.99. The average Bonchev–Trinajstić information content (AvgIpc) is 3.08. The molecule has 134 valence electrons. The van der Waals surface area contributed by atoms with E-state index in [1.54, 1.807) is 11.0 Å². The van der Waals surface area contributed by atoms with E-state index in [9.17, 15) is 9.59 Å². The topological polar surface area (TPSA) is 58.6 Å². The first-order valence-corrected chi connectivity index (χ1v) is 8.78. The number of benzene rings is 2. The van der Waals surface area contributed by atoms with Crippen LogP contribution in [0.3, 0.4) is 0 Å². The highest BCUT2D eigenvalue weighted by atomic mass is 16.5. The standard InChI is InChI=1S/C21H22N2O3/c1-2-26-17-12-9-16(10-13-17)11-14-20(24)22-18-6-3-4-7-19(18)23-15-5-8-21(23)25/h3-4,6-7,9-14H,2,5,8,15H2,1H3,(H,22,24)/b14-11+. The first-order chi connectivity index (χ1) is 12.7. The Labute approximate surface area is 153 Å². The molecule has 0 radical (unpaired) electrons. The molecule has 2 aromatic rings. The summed E-state index contributed by atoms with van der Waals surface area (Å²) in [5.41, 5.74) is 2.30. The maximum atomic E-state index is 12.3. The van der Waals surface area contributed by atoms with Crippen molar-refractivity contribution in [1.82, 2.24) is 0 Å². The zero-order valence-corrected chi connectivity index (χ0v) is 14.8. The maximum absolute atomic E-state index is 12.3. The molecule has 26 heavy (non-hydrogen) atoms. The number of para-hydroxylation sites is 2. The number of carbonyl (C=O) groups excluding carboxylic acids is 2. The second-order valence-electron chi connectivity index (χ2n) is 5.99. The highest BCUT2D eigenvalue weighted by molar-refractivity contribution is 6.06. The summed E-state index contributed by atoms with van der Waals surface area (Å²) in [6.07, 6.45) is 4.63. The summed E-state index contributed by atoms with van der Waals surface area (Å²) < 4.78 is 5.40. The van der Waals surface area contributed by atoms with Crippen molar-refractivity contribution in [3.05, 3.63) is 60.2 Å². The van der Waals surface area contributed by atoms with Gasteiger partial charge in [-0.15, -0.1) is 0 Å². The van der Waals surface area contributed by atoms with Gasteiger partial charge in [0.15, 0.2) is 0 Å². The number of nitrogens with zero attached hydrogens (tertiary/aromatic N) is 1. The van der Waals surface area contributed by atoms with Gasteiger partial charge in [-0.3, -0.25) is 9.59 Å². The van der Waals surface area contributed by atoms with Gasteiger partial charge in [0.2, 0.25) is 11.8 Å². The summed E-state index contributed by atoms with van der Waals surface area (Å²) in [5, 5.41) is 2.87. The second kappa shape index (κ2) is 8.34. The molecule has 3 rings (SSSR count). The van der Waals surface area contributed by atoms with Crippen LogP contribution >= 0.6 is 0 Å². The van der Waals surface area contributed by atoms with E-state index >= 15 is 0 Å². The molecule has 1 saturated heterocycles. The molecule has 0 aromatic heterocycles. The van der Waals surface area contributed by atoms with Crippen LogP contribution in [-0.4, -0.2) is 25.0 Å². The highest BCUT2D eigenvalue weighted by Crippen LogP contribution is 2.29. The van der Waals surface area contributed by atoms with Gasteiger partial charge >= 0.3 is 0 Å². The van der Waals surface area contributed by atoms with Crippen molar-refractivity contribution in [3.63, 3.8) is 0 Å². The minimum Gasteiger partial charge on any atom is -0.494 e. The van der Waals surface area contributed by atoms with Gasteiger partial charge in [-0.2, -0.15) is 0 Å². The fraction of sp³-hybridized carbons (Fsp3) is 0.238. The molecule has 5 nitrogen and oxygen atoms in total. The molecule has 1 aliphatic rings. The molecule has 2 aromatic carbocycles. The molecule has 1 N–H and O–H groups in total. The van der Waals surface area contributed by atoms with Gasteiger partial charge < -0.3 is 15.0 Å². The Morgan fingerprint density at radius 1 is 1.19 bits per heavy atom. The van der Waals surface area contributed by atoms with Crippen LogP contribution < -0.4 is 15.0 Å². The molecule has 5 heteroatoms. The van der Waals surface area contributed by atoms with Gasteiger partial charge in [0.1, 0.15) is 5.75 Å². The van der Waals surface area contributed by atoms with E-state index in [1.807, 2.05) is 55.5 Å². The summed E-state index contributed by atoms with van der Waals surface area (Å²) in [6, 6.07) is 14.9. The first kappa shape index (κ1) is 17.7. The van der Waals surface area contributed by atoms with Gasteiger partial charge in [-0.25, -0.2) is 0 Å². The number of carbonyl (C=O) groups is 2. The van der Waals surface area contributed by atoms with Crippen LogP contribution in [0.5, 0.6) is 5.75 Å². The molecule has 0 unspecified atom stereocenters. The molecule has 2 amide bonds. The summed E-state index contributed by atoms with van der Waals surface area (Å²) >= 11 is 0. The number of nitrogens with one attached hydrogen (secondary N) is 1. The van der Waals surface area contributed by atoms with Crippen LogP contribution in [0.2, 0.25) is 0 Å². The zero-order valence-electron chi connectivity index (χ0n) is 14.8. The molecular formula is C21H22N2O3. The number of rotatable bonds is 6. The Morgan fingerprint density at radius 2 is 1.96 bits per heavy atom. The molecule has 0 saturated carbocycles. The SMILES string of the molecule is CCOc1ccc(/C=C/C(=O)Nc2ccccc2N2CCCC2=O)cc1. The van der Waals surface area contributed by atoms with E-state index in [0.29, 0.717) is 25.3 Å². The number of hydrogen-bond donors (Lipinski definition) is 1. The van der Waals surface area contributed by atoms with E-state index in [0.717, 1.165) is 23.4 Å². The molecule has 1 heterocycles. The van der Waals surface area contributed by atoms with E-state index < -0.39 is 0 Å². The number of amides is 2. The Hall–Kier alpha value is -3.08. The van der Waals surface area contributed by atoms with Gasteiger partial charge in [-0.1, -0.05) is 24.3 Å². The Balaban J connectivity index is 1.67. The normalized spacial score (nSPS) is 14.0. The van der Waals surface area contributed by atoms with Crippen molar-refractivity contribution in [3.8, 4) is 5.75 Å².